The van der Waals surface area contributed by atoms with Gasteiger partial charge in [-0.15, -0.1) is 0 Å². The summed E-state index contributed by atoms with van der Waals surface area (Å²) in [6, 6.07) is 11.9. The summed E-state index contributed by atoms with van der Waals surface area (Å²) in [5.74, 6) is 1.54. The van der Waals surface area contributed by atoms with Gasteiger partial charge in [0, 0.05) is 32.9 Å². The molecule has 4 rings (SSSR count). The van der Waals surface area contributed by atoms with Gasteiger partial charge in [-0.2, -0.15) is 5.06 Å². The van der Waals surface area contributed by atoms with Gasteiger partial charge in [-0.05, 0) is 47.2 Å². The number of rotatable bonds is 6. The topological polar surface area (TPSA) is 61.5 Å². The van der Waals surface area contributed by atoms with Crippen molar-refractivity contribution in [1.29, 1.82) is 0 Å². The predicted octanol–water partition coefficient (Wildman–Crippen LogP) is 3.08. The molecule has 0 radical (unpaired) electrons. The number of hydrogen-bond donors (Lipinski definition) is 3. The fourth-order valence-corrected chi connectivity index (χ4v) is 3.15. The van der Waals surface area contributed by atoms with Crippen LogP contribution < -0.4 is 20.8 Å². The Morgan fingerprint density at radius 3 is 2.85 bits per heavy atom. The van der Waals surface area contributed by atoms with E-state index in [1.165, 1.54) is 16.7 Å². The number of nitrogens with one attached hydrogen (secondary N) is 3. The molecule has 0 aliphatic carbocycles. The van der Waals surface area contributed by atoms with Gasteiger partial charge in [0.2, 0.25) is 0 Å². The Kier molecular flexibility index (Phi) is 4.80. The summed E-state index contributed by atoms with van der Waals surface area (Å²) in [7, 11) is 3.71. The Labute approximate surface area is 159 Å². The molecule has 1 atom stereocenters. The maximum Gasteiger partial charge on any atom is 0.170 e. The molecule has 1 unspecified atom stereocenters. The van der Waals surface area contributed by atoms with Crippen LogP contribution in [0.25, 0.3) is 0 Å². The molecule has 1 aromatic heterocycles. The molecular formula is C21H23N5O. The molecule has 2 aliphatic heterocycles. The Morgan fingerprint density at radius 1 is 1.15 bits per heavy atom. The normalized spacial score (nSPS) is 17.5. The Bertz CT molecular complexity index is 899. The first-order valence-electron chi connectivity index (χ1n) is 8.93. The van der Waals surface area contributed by atoms with Gasteiger partial charge in [0.1, 0.15) is 12.0 Å². The number of para-hydroxylation sites is 2. The molecule has 3 heterocycles. The van der Waals surface area contributed by atoms with Crippen LogP contribution in [0, 0.1) is 0 Å². The van der Waals surface area contributed by atoms with E-state index in [4.69, 9.17) is 4.84 Å². The molecule has 2 aliphatic rings. The number of aromatic nitrogens is 1. The standard InChI is InChI=1S/C21H23N5O/c1-26(2)27-19-8-4-3-7-18(19)25-20-10-9-15(13-23-20)12-16-14-24-21-17(16)6-5-11-22-21/h3-11,13-14,21-22,24H,12H2,1-2H3,(H,23,25). The third-order valence-electron chi connectivity index (χ3n) is 4.39. The zero-order valence-corrected chi connectivity index (χ0v) is 15.4. The SMILES string of the molecule is CN(C)Oc1ccccc1Nc1ccc(CC2=CNC3NC=CC=C23)cn1. The Balaban J connectivity index is 1.44. The van der Waals surface area contributed by atoms with Crippen molar-refractivity contribution in [3.05, 3.63) is 83.9 Å². The number of hydrogen-bond acceptors (Lipinski definition) is 6. The second-order valence-corrected chi connectivity index (χ2v) is 6.67. The minimum absolute atomic E-state index is 0.187. The summed E-state index contributed by atoms with van der Waals surface area (Å²) in [6.45, 7) is 0. The highest BCUT2D eigenvalue weighted by atomic mass is 16.7. The quantitative estimate of drug-likeness (QED) is 0.688. The molecule has 0 saturated heterocycles. The van der Waals surface area contributed by atoms with Crippen LogP contribution in [-0.4, -0.2) is 30.3 Å². The van der Waals surface area contributed by atoms with Crippen LogP contribution in [0.2, 0.25) is 0 Å². The number of anilines is 2. The lowest BCUT2D eigenvalue weighted by atomic mass is 9.99. The lowest BCUT2D eigenvalue weighted by Gasteiger charge is -2.18. The smallest absolute Gasteiger partial charge is 0.170 e. The molecule has 27 heavy (non-hydrogen) atoms. The van der Waals surface area contributed by atoms with Gasteiger partial charge in [-0.3, -0.25) is 0 Å². The molecule has 2 aromatic rings. The lowest BCUT2D eigenvalue weighted by molar-refractivity contribution is -0.00241. The van der Waals surface area contributed by atoms with E-state index in [-0.39, 0.29) is 6.17 Å². The van der Waals surface area contributed by atoms with Crippen LogP contribution in [-0.2, 0) is 6.42 Å². The van der Waals surface area contributed by atoms with Crippen molar-refractivity contribution >= 4 is 11.5 Å². The van der Waals surface area contributed by atoms with Crippen molar-refractivity contribution in [2.75, 3.05) is 19.4 Å². The van der Waals surface area contributed by atoms with Crippen molar-refractivity contribution < 1.29 is 4.84 Å². The summed E-state index contributed by atoms with van der Waals surface area (Å²) in [5.41, 5.74) is 4.61. The van der Waals surface area contributed by atoms with Gasteiger partial charge >= 0.3 is 0 Å². The fourth-order valence-electron chi connectivity index (χ4n) is 3.15. The van der Waals surface area contributed by atoms with Gasteiger partial charge in [0.05, 0.1) is 5.69 Å². The molecule has 3 N–H and O–H groups in total. The van der Waals surface area contributed by atoms with Crippen LogP contribution >= 0.6 is 0 Å². The number of pyridine rings is 1. The molecule has 6 nitrogen and oxygen atoms in total. The number of fused-ring (bicyclic) bond motifs is 1. The zero-order chi connectivity index (χ0) is 18.6. The van der Waals surface area contributed by atoms with Crippen LogP contribution in [0.15, 0.2) is 78.3 Å². The summed E-state index contributed by atoms with van der Waals surface area (Å²) in [5, 5.41) is 11.6. The van der Waals surface area contributed by atoms with Crippen LogP contribution in [0.3, 0.4) is 0 Å². The van der Waals surface area contributed by atoms with Crippen molar-refractivity contribution in [1.82, 2.24) is 20.7 Å². The Hall–Kier alpha value is -3.25. The molecule has 138 valence electrons. The summed E-state index contributed by atoms with van der Waals surface area (Å²) < 4.78 is 0. The fraction of sp³-hybridized carbons (Fsp3) is 0.190. The second kappa shape index (κ2) is 7.55. The molecule has 0 saturated carbocycles. The first-order valence-corrected chi connectivity index (χ1v) is 8.93. The largest absolute Gasteiger partial charge is 0.404 e. The summed E-state index contributed by atoms with van der Waals surface area (Å²) in [6.07, 6.45) is 11.2. The van der Waals surface area contributed by atoms with E-state index in [1.807, 2.05) is 62.9 Å². The monoisotopic (exact) mass is 361 g/mol. The van der Waals surface area contributed by atoms with Crippen LogP contribution in [0.4, 0.5) is 11.5 Å². The van der Waals surface area contributed by atoms with Crippen molar-refractivity contribution in [2.24, 2.45) is 0 Å². The number of nitrogens with zero attached hydrogens (tertiary/aromatic N) is 2. The van der Waals surface area contributed by atoms with Crippen molar-refractivity contribution in [2.45, 2.75) is 12.6 Å². The van der Waals surface area contributed by atoms with E-state index in [0.717, 1.165) is 23.7 Å². The molecule has 0 spiro atoms. The van der Waals surface area contributed by atoms with E-state index in [0.29, 0.717) is 0 Å². The van der Waals surface area contributed by atoms with E-state index in [1.54, 1.807) is 5.06 Å². The van der Waals surface area contributed by atoms with Gasteiger partial charge in [-0.25, -0.2) is 4.98 Å². The molecule has 6 heteroatoms. The number of dihydropyridines is 1. The highest BCUT2D eigenvalue weighted by Gasteiger charge is 2.22. The van der Waals surface area contributed by atoms with Crippen molar-refractivity contribution in [3.63, 3.8) is 0 Å². The van der Waals surface area contributed by atoms with Gasteiger partial charge in [0.15, 0.2) is 5.75 Å². The van der Waals surface area contributed by atoms with E-state index in [9.17, 15) is 0 Å². The van der Waals surface area contributed by atoms with E-state index in [2.05, 4.69) is 39.3 Å². The van der Waals surface area contributed by atoms with E-state index >= 15 is 0 Å². The highest BCUT2D eigenvalue weighted by molar-refractivity contribution is 5.64. The molecule has 1 aromatic carbocycles. The number of allylic oxidation sites excluding steroid dienone is 2. The number of benzene rings is 1. The highest BCUT2D eigenvalue weighted by Crippen LogP contribution is 2.28. The average molecular weight is 361 g/mol. The molecule has 0 amide bonds. The third kappa shape index (κ3) is 3.96. The predicted molar refractivity (Wildman–Crippen MR) is 107 cm³/mol. The van der Waals surface area contributed by atoms with Crippen molar-refractivity contribution in [3.8, 4) is 5.75 Å². The van der Waals surface area contributed by atoms with E-state index < -0.39 is 0 Å². The maximum absolute atomic E-state index is 5.69. The maximum atomic E-state index is 5.69. The molecular weight excluding hydrogens is 338 g/mol. The van der Waals surface area contributed by atoms with Gasteiger partial charge in [-0.1, -0.05) is 24.3 Å². The first kappa shape index (κ1) is 17.2. The Morgan fingerprint density at radius 2 is 2.04 bits per heavy atom. The van der Waals surface area contributed by atoms with Gasteiger partial charge in [0.25, 0.3) is 0 Å². The average Bonchev–Trinajstić information content (AvgIpc) is 3.08. The lowest BCUT2D eigenvalue weighted by Crippen LogP contribution is -2.35. The molecule has 0 bridgehead atoms. The summed E-state index contributed by atoms with van der Waals surface area (Å²) >= 11 is 0. The second-order valence-electron chi connectivity index (χ2n) is 6.67. The van der Waals surface area contributed by atoms with Crippen LogP contribution in [0.1, 0.15) is 5.56 Å². The zero-order valence-electron chi connectivity index (χ0n) is 15.4. The summed E-state index contributed by atoms with van der Waals surface area (Å²) in [4.78, 5) is 10.3. The minimum atomic E-state index is 0.187. The third-order valence-corrected chi connectivity index (χ3v) is 4.39. The first-order chi connectivity index (χ1) is 13.2. The molecule has 0 fully saturated rings. The number of hydroxylamine groups is 2. The minimum Gasteiger partial charge on any atom is -0.404 e. The van der Waals surface area contributed by atoms with Gasteiger partial charge < -0.3 is 20.8 Å². The van der Waals surface area contributed by atoms with Crippen LogP contribution in [0.5, 0.6) is 5.75 Å².